The highest BCUT2D eigenvalue weighted by atomic mass is 19.1. The van der Waals surface area contributed by atoms with Crippen LogP contribution in [0.15, 0.2) is 24.3 Å². The molecule has 66 valence electrons. The van der Waals surface area contributed by atoms with E-state index in [2.05, 4.69) is 24.4 Å². The average molecular weight is 167 g/mol. The predicted octanol–water partition coefficient (Wildman–Crippen LogP) is 2.63. The number of benzene rings is 1. The number of halogens is 1. The molecule has 1 N–H and O–H groups in total. The SMILES string of the molecule is CCc1cccc(NCCF)c1. The molecular formula is C10H14FN. The fourth-order valence-corrected chi connectivity index (χ4v) is 1.09. The Morgan fingerprint density at radius 2 is 2.25 bits per heavy atom. The van der Waals surface area contributed by atoms with Gasteiger partial charge in [-0.2, -0.15) is 0 Å². The number of rotatable bonds is 4. The van der Waals surface area contributed by atoms with Crippen molar-refractivity contribution in [2.24, 2.45) is 0 Å². The van der Waals surface area contributed by atoms with Crippen LogP contribution < -0.4 is 5.32 Å². The summed E-state index contributed by atoms with van der Waals surface area (Å²) >= 11 is 0. The zero-order valence-electron chi connectivity index (χ0n) is 7.31. The minimum atomic E-state index is -0.323. The molecule has 0 heterocycles. The second kappa shape index (κ2) is 4.75. The van der Waals surface area contributed by atoms with Crippen molar-refractivity contribution in [1.29, 1.82) is 0 Å². The van der Waals surface area contributed by atoms with Gasteiger partial charge in [0, 0.05) is 12.2 Å². The zero-order valence-corrected chi connectivity index (χ0v) is 7.31. The van der Waals surface area contributed by atoms with Crippen LogP contribution in [0.2, 0.25) is 0 Å². The van der Waals surface area contributed by atoms with Crippen LogP contribution >= 0.6 is 0 Å². The summed E-state index contributed by atoms with van der Waals surface area (Å²) in [4.78, 5) is 0. The molecule has 0 saturated carbocycles. The van der Waals surface area contributed by atoms with E-state index in [9.17, 15) is 4.39 Å². The van der Waals surface area contributed by atoms with E-state index in [0.29, 0.717) is 6.54 Å². The lowest BCUT2D eigenvalue weighted by atomic mass is 10.1. The molecule has 0 unspecified atom stereocenters. The summed E-state index contributed by atoms with van der Waals surface area (Å²) in [6.45, 7) is 2.18. The lowest BCUT2D eigenvalue weighted by Crippen LogP contribution is -2.02. The van der Waals surface area contributed by atoms with Crippen LogP contribution in [0.3, 0.4) is 0 Å². The highest BCUT2D eigenvalue weighted by Gasteiger charge is 1.92. The quantitative estimate of drug-likeness (QED) is 0.726. The van der Waals surface area contributed by atoms with Crippen molar-refractivity contribution in [3.8, 4) is 0 Å². The van der Waals surface area contributed by atoms with Crippen LogP contribution in [0.25, 0.3) is 0 Å². The van der Waals surface area contributed by atoms with E-state index in [1.807, 2.05) is 12.1 Å². The van der Waals surface area contributed by atoms with E-state index >= 15 is 0 Å². The second-order valence-electron chi connectivity index (χ2n) is 2.67. The van der Waals surface area contributed by atoms with Gasteiger partial charge in [0.05, 0.1) is 0 Å². The second-order valence-corrected chi connectivity index (χ2v) is 2.67. The third-order valence-corrected chi connectivity index (χ3v) is 1.76. The standard InChI is InChI=1S/C10H14FN/c1-2-9-4-3-5-10(8-9)12-7-6-11/h3-5,8,12H,2,6-7H2,1H3. The monoisotopic (exact) mass is 167 g/mol. The Kier molecular flexibility index (Phi) is 3.58. The fourth-order valence-electron chi connectivity index (χ4n) is 1.09. The molecule has 1 aromatic rings. The van der Waals surface area contributed by atoms with E-state index in [4.69, 9.17) is 0 Å². The number of alkyl halides is 1. The summed E-state index contributed by atoms with van der Waals surface area (Å²) in [5, 5.41) is 2.99. The lowest BCUT2D eigenvalue weighted by Gasteiger charge is -2.04. The molecule has 0 radical (unpaired) electrons. The maximum Gasteiger partial charge on any atom is 0.107 e. The number of aryl methyl sites for hydroxylation is 1. The van der Waals surface area contributed by atoms with Crippen molar-refractivity contribution in [1.82, 2.24) is 0 Å². The maximum absolute atomic E-state index is 11.8. The van der Waals surface area contributed by atoms with Crippen LogP contribution in [0, 0.1) is 0 Å². The summed E-state index contributed by atoms with van der Waals surface area (Å²) < 4.78 is 11.8. The first kappa shape index (κ1) is 9.04. The molecule has 0 aliphatic carbocycles. The normalized spacial score (nSPS) is 9.83. The van der Waals surface area contributed by atoms with Gasteiger partial charge in [-0.3, -0.25) is 0 Å². The minimum Gasteiger partial charge on any atom is -0.382 e. The summed E-state index contributed by atoms with van der Waals surface area (Å²) in [5.74, 6) is 0. The first-order valence-corrected chi connectivity index (χ1v) is 4.25. The first-order chi connectivity index (χ1) is 5.86. The molecule has 1 rings (SSSR count). The summed E-state index contributed by atoms with van der Waals surface area (Å²) in [7, 11) is 0. The summed E-state index contributed by atoms with van der Waals surface area (Å²) in [6, 6.07) is 8.06. The largest absolute Gasteiger partial charge is 0.382 e. The highest BCUT2D eigenvalue weighted by molar-refractivity contribution is 5.45. The van der Waals surface area contributed by atoms with E-state index in [0.717, 1.165) is 12.1 Å². The number of anilines is 1. The molecule has 0 aliphatic heterocycles. The summed E-state index contributed by atoms with van der Waals surface area (Å²) in [6.07, 6.45) is 1.02. The van der Waals surface area contributed by atoms with Crippen LogP contribution in [-0.4, -0.2) is 13.2 Å². The Balaban J connectivity index is 2.60. The predicted molar refractivity (Wildman–Crippen MR) is 50.3 cm³/mol. The molecule has 0 bridgehead atoms. The van der Waals surface area contributed by atoms with Crippen molar-refractivity contribution in [2.45, 2.75) is 13.3 Å². The topological polar surface area (TPSA) is 12.0 Å². The number of hydrogen-bond acceptors (Lipinski definition) is 1. The van der Waals surface area contributed by atoms with Crippen LogP contribution in [0.5, 0.6) is 0 Å². The van der Waals surface area contributed by atoms with Gasteiger partial charge < -0.3 is 5.32 Å². The van der Waals surface area contributed by atoms with E-state index in [-0.39, 0.29) is 6.67 Å². The molecule has 0 aliphatic rings. The Bertz CT molecular complexity index is 235. The fraction of sp³-hybridized carbons (Fsp3) is 0.400. The van der Waals surface area contributed by atoms with Gasteiger partial charge in [0.2, 0.25) is 0 Å². The highest BCUT2D eigenvalue weighted by Crippen LogP contribution is 2.10. The Morgan fingerprint density at radius 3 is 2.92 bits per heavy atom. The van der Waals surface area contributed by atoms with E-state index in [1.165, 1.54) is 5.56 Å². The van der Waals surface area contributed by atoms with Gasteiger partial charge in [0.1, 0.15) is 6.67 Å². The molecular weight excluding hydrogens is 153 g/mol. The molecule has 0 aromatic heterocycles. The molecule has 0 atom stereocenters. The average Bonchev–Trinajstić information content (AvgIpc) is 2.15. The van der Waals surface area contributed by atoms with Crippen molar-refractivity contribution in [2.75, 3.05) is 18.5 Å². The lowest BCUT2D eigenvalue weighted by molar-refractivity contribution is 0.513. The van der Waals surface area contributed by atoms with Crippen molar-refractivity contribution in [3.63, 3.8) is 0 Å². The Labute approximate surface area is 72.6 Å². The molecule has 0 fully saturated rings. The molecule has 0 amide bonds. The van der Waals surface area contributed by atoms with Crippen molar-refractivity contribution >= 4 is 5.69 Å². The van der Waals surface area contributed by atoms with Gasteiger partial charge in [-0.05, 0) is 24.1 Å². The van der Waals surface area contributed by atoms with Gasteiger partial charge in [-0.25, -0.2) is 4.39 Å². The third-order valence-electron chi connectivity index (χ3n) is 1.76. The van der Waals surface area contributed by atoms with Crippen LogP contribution in [0.1, 0.15) is 12.5 Å². The Hall–Kier alpha value is -1.05. The van der Waals surface area contributed by atoms with E-state index in [1.54, 1.807) is 0 Å². The maximum atomic E-state index is 11.8. The summed E-state index contributed by atoms with van der Waals surface area (Å²) in [5.41, 5.74) is 2.28. The molecule has 1 aromatic carbocycles. The zero-order chi connectivity index (χ0) is 8.81. The Morgan fingerprint density at radius 1 is 1.42 bits per heavy atom. The van der Waals surface area contributed by atoms with Crippen molar-refractivity contribution in [3.05, 3.63) is 29.8 Å². The van der Waals surface area contributed by atoms with Crippen LogP contribution in [-0.2, 0) is 6.42 Å². The van der Waals surface area contributed by atoms with Crippen molar-refractivity contribution < 1.29 is 4.39 Å². The van der Waals surface area contributed by atoms with Gasteiger partial charge in [-0.1, -0.05) is 19.1 Å². The first-order valence-electron chi connectivity index (χ1n) is 4.25. The van der Waals surface area contributed by atoms with Gasteiger partial charge in [0.15, 0.2) is 0 Å². The number of hydrogen-bond donors (Lipinski definition) is 1. The molecule has 1 nitrogen and oxygen atoms in total. The van der Waals surface area contributed by atoms with Crippen LogP contribution in [0.4, 0.5) is 10.1 Å². The molecule has 0 spiro atoms. The smallest absolute Gasteiger partial charge is 0.107 e. The van der Waals surface area contributed by atoms with E-state index < -0.39 is 0 Å². The third kappa shape index (κ3) is 2.53. The van der Waals surface area contributed by atoms with Gasteiger partial charge >= 0.3 is 0 Å². The van der Waals surface area contributed by atoms with Gasteiger partial charge in [-0.15, -0.1) is 0 Å². The van der Waals surface area contributed by atoms with Gasteiger partial charge in [0.25, 0.3) is 0 Å². The molecule has 0 saturated heterocycles. The molecule has 12 heavy (non-hydrogen) atoms. The minimum absolute atomic E-state index is 0.323. The molecule has 2 heteroatoms. The number of nitrogens with one attached hydrogen (secondary N) is 1.